The van der Waals surface area contributed by atoms with E-state index in [1.807, 2.05) is 6.20 Å². The molecule has 1 aromatic carbocycles. The molecule has 2 aromatic rings. The van der Waals surface area contributed by atoms with Crippen molar-refractivity contribution in [2.24, 2.45) is 5.92 Å². The van der Waals surface area contributed by atoms with Gasteiger partial charge in [0.2, 0.25) is 0 Å². The normalized spacial score (nSPS) is 24.5. The third-order valence-corrected chi connectivity index (χ3v) is 3.88. The molecule has 2 atom stereocenters. The van der Waals surface area contributed by atoms with Crippen molar-refractivity contribution in [1.29, 1.82) is 0 Å². The number of nitrogens with one attached hydrogen (secondary N) is 2. The van der Waals surface area contributed by atoms with Crippen molar-refractivity contribution in [2.75, 3.05) is 13.2 Å². The highest BCUT2D eigenvalue weighted by Crippen LogP contribution is 2.19. The van der Waals surface area contributed by atoms with E-state index < -0.39 is 0 Å². The second kappa shape index (κ2) is 5.12. The largest absolute Gasteiger partial charge is 0.381 e. The Kier molecular flexibility index (Phi) is 3.35. The van der Waals surface area contributed by atoms with Gasteiger partial charge < -0.3 is 15.0 Å². The molecule has 0 radical (unpaired) electrons. The molecule has 0 bridgehead atoms. The summed E-state index contributed by atoms with van der Waals surface area (Å²) in [5.41, 5.74) is 2.58. The van der Waals surface area contributed by atoms with Crippen LogP contribution in [-0.2, 0) is 11.3 Å². The Morgan fingerprint density at radius 2 is 2.33 bits per heavy atom. The molecule has 0 aliphatic carbocycles. The summed E-state index contributed by atoms with van der Waals surface area (Å²) in [5.74, 6) is 0.601. The number of aromatic amines is 1. The highest BCUT2D eigenvalue weighted by Gasteiger charge is 2.21. The van der Waals surface area contributed by atoms with Crippen molar-refractivity contribution in [3.8, 4) is 0 Å². The van der Waals surface area contributed by atoms with Crippen LogP contribution in [0.3, 0.4) is 0 Å². The quantitative estimate of drug-likeness (QED) is 0.871. The molecular weight excluding hydrogens is 224 g/mol. The van der Waals surface area contributed by atoms with Gasteiger partial charge in [-0.05, 0) is 30.0 Å². The summed E-state index contributed by atoms with van der Waals surface area (Å²) < 4.78 is 5.48. The van der Waals surface area contributed by atoms with Crippen LogP contribution in [-0.4, -0.2) is 24.2 Å². The van der Waals surface area contributed by atoms with Gasteiger partial charge in [0.15, 0.2) is 0 Å². The van der Waals surface area contributed by atoms with E-state index >= 15 is 0 Å². The van der Waals surface area contributed by atoms with Crippen molar-refractivity contribution in [3.63, 3.8) is 0 Å². The van der Waals surface area contributed by atoms with Crippen LogP contribution in [0.1, 0.15) is 18.9 Å². The molecule has 1 saturated heterocycles. The maximum Gasteiger partial charge on any atom is 0.0506 e. The van der Waals surface area contributed by atoms with Gasteiger partial charge in [-0.25, -0.2) is 0 Å². The lowest BCUT2D eigenvalue weighted by atomic mass is 9.97. The summed E-state index contributed by atoms with van der Waals surface area (Å²) in [6.45, 7) is 4.96. The Hall–Kier alpha value is -1.32. The molecule has 1 aliphatic rings. The second-order valence-corrected chi connectivity index (χ2v) is 5.18. The van der Waals surface area contributed by atoms with Gasteiger partial charge in [-0.1, -0.05) is 19.1 Å². The maximum absolute atomic E-state index is 5.48. The van der Waals surface area contributed by atoms with Gasteiger partial charge in [-0.15, -0.1) is 0 Å². The number of H-pyrrole nitrogens is 1. The third kappa shape index (κ3) is 2.28. The molecule has 1 aromatic heterocycles. The van der Waals surface area contributed by atoms with Crippen molar-refractivity contribution < 1.29 is 4.74 Å². The summed E-state index contributed by atoms with van der Waals surface area (Å²) in [4.78, 5) is 3.26. The summed E-state index contributed by atoms with van der Waals surface area (Å²) in [6, 6.07) is 9.17. The zero-order valence-electron chi connectivity index (χ0n) is 10.8. The Balaban J connectivity index is 1.71. The molecule has 96 valence electrons. The summed E-state index contributed by atoms with van der Waals surface area (Å²) in [6.07, 6.45) is 3.12. The minimum Gasteiger partial charge on any atom is -0.381 e. The van der Waals surface area contributed by atoms with E-state index in [9.17, 15) is 0 Å². The van der Waals surface area contributed by atoms with Crippen molar-refractivity contribution in [2.45, 2.75) is 25.9 Å². The van der Waals surface area contributed by atoms with E-state index in [1.54, 1.807) is 0 Å². The monoisotopic (exact) mass is 244 g/mol. The van der Waals surface area contributed by atoms with E-state index in [0.717, 1.165) is 26.2 Å². The number of fused-ring (bicyclic) bond motifs is 1. The van der Waals surface area contributed by atoms with Crippen LogP contribution in [0.25, 0.3) is 10.9 Å². The van der Waals surface area contributed by atoms with Crippen LogP contribution in [0.5, 0.6) is 0 Å². The number of benzene rings is 1. The second-order valence-electron chi connectivity index (χ2n) is 5.18. The fourth-order valence-electron chi connectivity index (χ4n) is 2.73. The van der Waals surface area contributed by atoms with Crippen LogP contribution in [0.15, 0.2) is 30.5 Å². The molecule has 0 amide bonds. The molecule has 18 heavy (non-hydrogen) atoms. The summed E-state index contributed by atoms with van der Waals surface area (Å²) >= 11 is 0. The van der Waals surface area contributed by atoms with Gasteiger partial charge >= 0.3 is 0 Å². The molecule has 3 rings (SSSR count). The SMILES string of the molecule is CC1COCCC1NCc1cccc2[nH]ccc12. The van der Waals surface area contributed by atoms with E-state index in [0.29, 0.717) is 12.0 Å². The number of aromatic nitrogens is 1. The molecule has 1 fully saturated rings. The van der Waals surface area contributed by atoms with E-state index in [2.05, 4.69) is 41.5 Å². The number of hydrogen-bond acceptors (Lipinski definition) is 2. The van der Waals surface area contributed by atoms with Gasteiger partial charge in [0.05, 0.1) is 6.61 Å². The average molecular weight is 244 g/mol. The first-order valence-corrected chi connectivity index (χ1v) is 6.71. The molecule has 3 heteroatoms. The van der Waals surface area contributed by atoms with E-state index in [-0.39, 0.29) is 0 Å². The molecule has 2 unspecified atom stereocenters. The Bertz CT molecular complexity index is 520. The first kappa shape index (κ1) is 11.8. The molecule has 0 saturated carbocycles. The maximum atomic E-state index is 5.48. The lowest BCUT2D eigenvalue weighted by molar-refractivity contribution is 0.0387. The fraction of sp³-hybridized carbons (Fsp3) is 0.467. The fourth-order valence-corrected chi connectivity index (χ4v) is 2.73. The number of rotatable bonds is 3. The molecule has 1 aliphatic heterocycles. The summed E-state index contributed by atoms with van der Waals surface area (Å²) in [5, 5.41) is 5.00. The van der Waals surface area contributed by atoms with Crippen LogP contribution < -0.4 is 5.32 Å². The van der Waals surface area contributed by atoms with Crippen LogP contribution >= 0.6 is 0 Å². The highest BCUT2D eigenvalue weighted by atomic mass is 16.5. The topological polar surface area (TPSA) is 37.0 Å². The predicted molar refractivity (Wildman–Crippen MR) is 73.5 cm³/mol. The zero-order valence-corrected chi connectivity index (χ0v) is 10.8. The molecule has 0 spiro atoms. The molecular formula is C15H20N2O. The Morgan fingerprint density at radius 1 is 1.39 bits per heavy atom. The van der Waals surface area contributed by atoms with Crippen LogP contribution in [0.4, 0.5) is 0 Å². The molecule has 3 nitrogen and oxygen atoms in total. The van der Waals surface area contributed by atoms with Crippen molar-refractivity contribution in [3.05, 3.63) is 36.0 Å². The first-order chi connectivity index (χ1) is 8.84. The van der Waals surface area contributed by atoms with E-state index in [1.165, 1.54) is 16.5 Å². The standard InChI is InChI=1S/C15H20N2O/c1-11-10-18-8-6-14(11)17-9-12-3-2-4-15-13(12)5-7-16-15/h2-5,7,11,14,16-17H,6,8-10H2,1H3. The Labute approximate surface area is 108 Å². The first-order valence-electron chi connectivity index (χ1n) is 6.71. The van der Waals surface area contributed by atoms with Crippen molar-refractivity contribution >= 4 is 10.9 Å². The third-order valence-electron chi connectivity index (χ3n) is 3.88. The highest BCUT2D eigenvalue weighted by molar-refractivity contribution is 5.82. The van der Waals surface area contributed by atoms with Gasteiger partial charge in [0.25, 0.3) is 0 Å². The Morgan fingerprint density at radius 3 is 3.22 bits per heavy atom. The molecule has 2 N–H and O–H groups in total. The van der Waals surface area contributed by atoms with Gasteiger partial charge in [0.1, 0.15) is 0 Å². The van der Waals surface area contributed by atoms with E-state index in [4.69, 9.17) is 4.74 Å². The van der Waals surface area contributed by atoms with Gasteiger partial charge in [0, 0.05) is 36.3 Å². The number of hydrogen-bond donors (Lipinski definition) is 2. The van der Waals surface area contributed by atoms with Crippen LogP contribution in [0, 0.1) is 5.92 Å². The minimum absolute atomic E-state index is 0.577. The number of ether oxygens (including phenoxy) is 1. The molecule has 2 heterocycles. The smallest absolute Gasteiger partial charge is 0.0506 e. The van der Waals surface area contributed by atoms with Crippen LogP contribution in [0.2, 0.25) is 0 Å². The predicted octanol–water partition coefficient (Wildman–Crippen LogP) is 2.68. The minimum atomic E-state index is 0.577. The lowest BCUT2D eigenvalue weighted by Gasteiger charge is -2.29. The van der Waals surface area contributed by atoms with Crippen molar-refractivity contribution in [1.82, 2.24) is 10.3 Å². The summed E-state index contributed by atoms with van der Waals surface area (Å²) in [7, 11) is 0. The lowest BCUT2D eigenvalue weighted by Crippen LogP contribution is -2.41. The average Bonchev–Trinajstić information content (AvgIpc) is 2.86. The van der Waals surface area contributed by atoms with Gasteiger partial charge in [-0.3, -0.25) is 0 Å². The van der Waals surface area contributed by atoms with Gasteiger partial charge in [-0.2, -0.15) is 0 Å². The zero-order chi connectivity index (χ0) is 12.4.